The number of ether oxygens (including phenoxy) is 2. The summed E-state index contributed by atoms with van der Waals surface area (Å²) >= 11 is 9.51. The first kappa shape index (κ1) is 25.5. The van der Waals surface area contributed by atoms with Gasteiger partial charge in [0.25, 0.3) is 5.91 Å². The van der Waals surface area contributed by atoms with E-state index >= 15 is 0 Å². The summed E-state index contributed by atoms with van der Waals surface area (Å²) in [4.78, 5) is 35.8. The van der Waals surface area contributed by atoms with E-state index in [4.69, 9.17) is 21.1 Å². The van der Waals surface area contributed by atoms with Crippen LogP contribution in [0.3, 0.4) is 0 Å². The van der Waals surface area contributed by atoms with Crippen LogP contribution in [0.2, 0.25) is 5.02 Å². The molecule has 9 nitrogen and oxygen atoms in total. The van der Waals surface area contributed by atoms with Crippen LogP contribution in [0.4, 0.5) is 5.69 Å². The van der Waals surface area contributed by atoms with Crippen LogP contribution in [0.25, 0.3) is 0 Å². The van der Waals surface area contributed by atoms with Gasteiger partial charge >= 0.3 is 11.8 Å². The average Bonchev–Trinajstić information content (AvgIpc) is 3.60. The summed E-state index contributed by atoms with van der Waals surface area (Å²) in [6.07, 6.45) is 3.13. The Morgan fingerprint density at radius 3 is 2.68 bits per heavy atom. The van der Waals surface area contributed by atoms with Gasteiger partial charge in [0, 0.05) is 16.8 Å². The van der Waals surface area contributed by atoms with Crippen LogP contribution >= 0.6 is 27.5 Å². The molecule has 0 aromatic heterocycles. The highest BCUT2D eigenvalue weighted by atomic mass is 79.9. The second kappa shape index (κ2) is 11.8. The normalized spacial score (nSPS) is 12.8. The second-order valence-electron chi connectivity index (χ2n) is 7.46. The summed E-state index contributed by atoms with van der Waals surface area (Å²) in [6, 6.07) is 8.64. The average molecular weight is 552 g/mol. The molecule has 0 radical (unpaired) electrons. The summed E-state index contributed by atoms with van der Waals surface area (Å²) in [7, 11) is 0. The molecule has 0 spiro atoms. The van der Waals surface area contributed by atoms with Gasteiger partial charge in [-0.15, -0.1) is 0 Å². The number of benzene rings is 2. The number of amides is 3. The summed E-state index contributed by atoms with van der Waals surface area (Å²) < 4.78 is 11.9. The number of nitrogens with zero attached hydrogens (tertiary/aromatic N) is 1. The van der Waals surface area contributed by atoms with Crippen molar-refractivity contribution in [3.8, 4) is 11.5 Å². The molecule has 11 heteroatoms. The van der Waals surface area contributed by atoms with Crippen molar-refractivity contribution in [3.63, 3.8) is 0 Å². The van der Waals surface area contributed by atoms with Gasteiger partial charge in [0.2, 0.25) is 0 Å². The molecule has 0 heterocycles. The standard InChI is InChI=1S/C23H24BrClN4O5/c1-3-33-19-10-14(11-26-29-23(32)22(31)27-15-7-8-15)9-16(24)21(19)34-12-20(30)28-18-6-4-5-17(25)13(18)2/h4-6,9-11,15H,3,7-8,12H2,1-2H3,(H,27,31)(H,28,30)(H,29,32)/b26-11-. The van der Waals surface area contributed by atoms with Gasteiger partial charge in [0.05, 0.1) is 17.3 Å². The Labute approximate surface area is 210 Å². The van der Waals surface area contributed by atoms with Crippen molar-refractivity contribution in [2.24, 2.45) is 5.10 Å². The van der Waals surface area contributed by atoms with Gasteiger partial charge in [0.15, 0.2) is 18.1 Å². The maximum atomic E-state index is 12.4. The minimum atomic E-state index is -0.840. The monoisotopic (exact) mass is 550 g/mol. The van der Waals surface area contributed by atoms with Crippen molar-refractivity contribution in [3.05, 3.63) is 51.0 Å². The quantitative estimate of drug-likeness (QED) is 0.250. The van der Waals surface area contributed by atoms with E-state index in [-0.39, 0.29) is 18.6 Å². The Morgan fingerprint density at radius 1 is 1.21 bits per heavy atom. The van der Waals surface area contributed by atoms with Crippen LogP contribution < -0.4 is 25.5 Å². The van der Waals surface area contributed by atoms with E-state index in [0.717, 1.165) is 18.4 Å². The zero-order valence-electron chi connectivity index (χ0n) is 18.6. The molecule has 0 bridgehead atoms. The number of halogens is 2. The maximum absolute atomic E-state index is 12.4. The maximum Gasteiger partial charge on any atom is 0.329 e. The first-order valence-corrected chi connectivity index (χ1v) is 11.7. The Morgan fingerprint density at radius 2 is 1.97 bits per heavy atom. The van der Waals surface area contributed by atoms with Crippen LogP contribution in [0.15, 0.2) is 39.9 Å². The highest BCUT2D eigenvalue weighted by Gasteiger charge is 2.26. The van der Waals surface area contributed by atoms with Gasteiger partial charge in [-0.1, -0.05) is 17.7 Å². The van der Waals surface area contributed by atoms with Gasteiger partial charge in [-0.25, -0.2) is 5.43 Å². The number of hydrazone groups is 1. The first-order chi connectivity index (χ1) is 16.3. The third kappa shape index (κ3) is 7.19. The van der Waals surface area contributed by atoms with E-state index in [0.29, 0.717) is 38.9 Å². The van der Waals surface area contributed by atoms with Gasteiger partial charge < -0.3 is 20.1 Å². The molecule has 3 amide bonds. The number of rotatable bonds is 9. The van der Waals surface area contributed by atoms with E-state index in [9.17, 15) is 14.4 Å². The lowest BCUT2D eigenvalue weighted by Gasteiger charge is -2.15. The van der Waals surface area contributed by atoms with Crippen LogP contribution in [-0.2, 0) is 14.4 Å². The second-order valence-corrected chi connectivity index (χ2v) is 8.72. The number of carbonyl (C=O) groups excluding carboxylic acids is 3. The molecule has 1 aliphatic carbocycles. The molecule has 1 fully saturated rings. The fourth-order valence-corrected chi connectivity index (χ4v) is 3.58. The van der Waals surface area contributed by atoms with E-state index in [1.165, 1.54) is 6.21 Å². The molecule has 3 rings (SSSR count). The molecular formula is C23H24BrClN4O5. The molecule has 2 aromatic rings. The number of hydrogen-bond acceptors (Lipinski definition) is 6. The van der Waals surface area contributed by atoms with Crippen molar-refractivity contribution in [1.82, 2.24) is 10.7 Å². The van der Waals surface area contributed by atoms with Gasteiger partial charge in [-0.2, -0.15) is 5.10 Å². The number of nitrogens with one attached hydrogen (secondary N) is 3. The summed E-state index contributed by atoms with van der Waals surface area (Å²) in [5, 5.41) is 9.72. The lowest BCUT2D eigenvalue weighted by atomic mass is 10.2. The molecule has 34 heavy (non-hydrogen) atoms. The van der Waals surface area contributed by atoms with Crippen molar-refractivity contribution < 1.29 is 23.9 Å². The third-order valence-electron chi connectivity index (χ3n) is 4.72. The largest absolute Gasteiger partial charge is 0.490 e. The molecule has 0 unspecified atom stereocenters. The van der Waals surface area contributed by atoms with Gasteiger partial charge in [-0.3, -0.25) is 14.4 Å². The highest BCUT2D eigenvalue weighted by Crippen LogP contribution is 2.36. The Balaban J connectivity index is 1.63. The van der Waals surface area contributed by atoms with Crippen LogP contribution in [0.5, 0.6) is 11.5 Å². The predicted octanol–water partition coefficient (Wildman–Crippen LogP) is 3.56. The molecule has 180 valence electrons. The zero-order valence-corrected chi connectivity index (χ0v) is 21.0. The van der Waals surface area contributed by atoms with Crippen LogP contribution in [0, 0.1) is 6.92 Å². The fraction of sp³-hybridized carbons (Fsp3) is 0.304. The number of anilines is 1. The van der Waals surface area contributed by atoms with Crippen LogP contribution in [-0.4, -0.2) is 43.2 Å². The smallest absolute Gasteiger partial charge is 0.329 e. The summed E-state index contributed by atoms with van der Waals surface area (Å²) in [5.74, 6) is -1.20. The van der Waals surface area contributed by atoms with E-state index in [1.54, 1.807) is 30.3 Å². The summed E-state index contributed by atoms with van der Waals surface area (Å²) in [5.41, 5.74) is 4.12. The lowest BCUT2D eigenvalue weighted by Crippen LogP contribution is -2.38. The number of carbonyl (C=O) groups is 3. The minimum absolute atomic E-state index is 0.0797. The number of hydrogen-bond donors (Lipinski definition) is 3. The Bertz CT molecular complexity index is 1120. The highest BCUT2D eigenvalue weighted by molar-refractivity contribution is 9.10. The van der Waals surface area contributed by atoms with Crippen molar-refractivity contribution in [2.75, 3.05) is 18.5 Å². The molecule has 2 aromatic carbocycles. The Hall–Kier alpha value is -3.11. The van der Waals surface area contributed by atoms with Gasteiger partial charge in [-0.05, 0) is 78.0 Å². The van der Waals surface area contributed by atoms with Crippen molar-refractivity contribution >= 4 is 57.2 Å². The predicted molar refractivity (Wildman–Crippen MR) is 133 cm³/mol. The van der Waals surface area contributed by atoms with Crippen LogP contribution in [0.1, 0.15) is 30.9 Å². The van der Waals surface area contributed by atoms with E-state index < -0.39 is 11.8 Å². The molecule has 0 saturated heterocycles. The van der Waals surface area contributed by atoms with Crippen molar-refractivity contribution in [2.45, 2.75) is 32.7 Å². The third-order valence-corrected chi connectivity index (χ3v) is 5.72. The Kier molecular flexibility index (Phi) is 8.89. The minimum Gasteiger partial charge on any atom is -0.490 e. The molecule has 1 aliphatic rings. The van der Waals surface area contributed by atoms with E-state index in [2.05, 4.69) is 37.1 Å². The molecule has 0 atom stereocenters. The summed E-state index contributed by atoms with van der Waals surface area (Å²) in [6.45, 7) is 3.72. The SMILES string of the molecule is CCOc1cc(/C=N\NC(=O)C(=O)NC2CC2)cc(Br)c1OCC(=O)Nc1cccc(Cl)c1C. The first-order valence-electron chi connectivity index (χ1n) is 10.6. The molecule has 0 aliphatic heterocycles. The lowest BCUT2D eigenvalue weighted by molar-refractivity contribution is -0.139. The topological polar surface area (TPSA) is 118 Å². The molecular weight excluding hydrogens is 528 g/mol. The van der Waals surface area contributed by atoms with Crippen molar-refractivity contribution in [1.29, 1.82) is 0 Å². The van der Waals surface area contributed by atoms with Gasteiger partial charge in [0.1, 0.15) is 0 Å². The van der Waals surface area contributed by atoms with E-state index in [1.807, 2.05) is 13.8 Å². The molecule has 3 N–H and O–H groups in total. The zero-order chi connectivity index (χ0) is 24.7. The molecule has 1 saturated carbocycles. The fourth-order valence-electron chi connectivity index (χ4n) is 2.83.